The molecular formula is C36H74S. The van der Waals surface area contributed by atoms with E-state index in [2.05, 4.69) is 25.6 Å². The van der Waals surface area contributed by atoms with Gasteiger partial charge in [-0.25, -0.2) is 0 Å². The van der Waals surface area contributed by atoms with Crippen molar-refractivity contribution in [3.63, 3.8) is 0 Å². The molecule has 37 heavy (non-hydrogen) atoms. The molecule has 0 nitrogen and oxygen atoms in total. The van der Waals surface area contributed by atoms with Gasteiger partial charge in [0.1, 0.15) is 0 Å². The predicted octanol–water partition coefficient (Wildman–Crippen LogP) is 14.2. The van der Waals surface area contributed by atoms with Crippen LogP contribution in [0.15, 0.2) is 0 Å². The van der Waals surface area contributed by atoms with Gasteiger partial charge in [-0.05, 0) is 24.3 Å². The van der Waals surface area contributed by atoms with E-state index in [1.165, 1.54) is 217 Å². The Hall–Kier alpha value is 0.350. The van der Waals surface area contributed by atoms with E-state index in [1.54, 1.807) is 0 Å². The second-order valence-corrected chi connectivity index (χ2v) is 13.4. The SMILES string of the molecule is CCCCCCCCCCCCCCCCCCCCSCCCCCCCCCCCCCCCC. The molecular weight excluding hydrogens is 464 g/mol. The van der Waals surface area contributed by atoms with Gasteiger partial charge in [-0.1, -0.05) is 206 Å². The molecule has 0 aromatic carbocycles. The molecule has 1 heteroatoms. The Morgan fingerprint density at radius 2 is 0.378 bits per heavy atom. The summed E-state index contributed by atoms with van der Waals surface area (Å²) in [6.07, 6.45) is 47.2. The van der Waals surface area contributed by atoms with E-state index in [9.17, 15) is 0 Å². The van der Waals surface area contributed by atoms with E-state index < -0.39 is 0 Å². The molecule has 0 saturated heterocycles. The molecule has 0 aliphatic heterocycles. The summed E-state index contributed by atoms with van der Waals surface area (Å²) in [6.45, 7) is 4.62. The largest absolute Gasteiger partial charge is 0.162 e. The molecule has 0 amide bonds. The Kier molecular flexibility index (Phi) is 36.7. The lowest BCUT2D eigenvalue weighted by Gasteiger charge is -2.05. The quantitative estimate of drug-likeness (QED) is 0.0734. The number of rotatable bonds is 34. The Balaban J connectivity index is 3.00. The van der Waals surface area contributed by atoms with Crippen LogP contribution >= 0.6 is 11.8 Å². The van der Waals surface area contributed by atoms with Crippen LogP contribution in [0, 0.1) is 0 Å². The first-order valence-corrected chi connectivity index (χ1v) is 19.1. The van der Waals surface area contributed by atoms with Crippen molar-refractivity contribution < 1.29 is 0 Å². The maximum Gasteiger partial charge on any atom is -0.00675 e. The molecule has 0 aromatic heterocycles. The number of hydrogen-bond acceptors (Lipinski definition) is 1. The number of thioether (sulfide) groups is 1. The van der Waals surface area contributed by atoms with Crippen LogP contribution in [0.25, 0.3) is 0 Å². The van der Waals surface area contributed by atoms with Gasteiger partial charge in [0.15, 0.2) is 0 Å². The summed E-state index contributed by atoms with van der Waals surface area (Å²) in [6, 6.07) is 0. The van der Waals surface area contributed by atoms with E-state index in [-0.39, 0.29) is 0 Å². The first-order chi connectivity index (χ1) is 18.4. The van der Waals surface area contributed by atoms with Crippen LogP contribution < -0.4 is 0 Å². The van der Waals surface area contributed by atoms with Gasteiger partial charge in [-0.2, -0.15) is 11.8 Å². The van der Waals surface area contributed by atoms with Gasteiger partial charge < -0.3 is 0 Å². The minimum atomic E-state index is 1.37. The lowest BCUT2D eigenvalue weighted by Crippen LogP contribution is -1.87. The second-order valence-electron chi connectivity index (χ2n) is 12.2. The second kappa shape index (κ2) is 36.4. The van der Waals surface area contributed by atoms with Gasteiger partial charge in [-0.3, -0.25) is 0 Å². The summed E-state index contributed by atoms with van der Waals surface area (Å²) < 4.78 is 0. The average molecular weight is 539 g/mol. The van der Waals surface area contributed by atoms with E-state index in [0.717, 1.165) is 0 Å². The fraction of sp³-hybridized carbons (Fsp3) is 1.00. The Labute approximate surface area is 242 Å². The highest BCUT2D eigenvalue weighted by Crippen LogP contribution is 2.17. The smallest absolute Gasteiger partial charge is 0.00675 e. The van der Waals surface area contributed by atoms with Crippen molar-refractivity contribution in [3.05, 3.63) is 0 Å². The Morgan fingerprint density at radius 3 is 0.568 bits per heavy atom. The molecule has 0 radical (unpaired) electrons. The van der Waals surface area contributed by atoms with Gasteiger partial charge in [-0.15, -0.1) is 0 Å². The highest BCUT2D eigenvalue weighted by Gasteiger charge is 1.97. The zero-order valence-corrected chi connectivity index (χ0v) is 27.3. The van der Waals surface area contributed by atoms with E-state index in [4.69, 9.17) is 0 Å². The monoisotopic (exact) mass is 539 g/mol. The van der Waals surface area contributed by atoms with Crippen LogP contribution in [-0.4, -0.2) is 11.5 Å². The van der Waals surface area contributed by atoms with Gasteiger partial charge in [0.05, 0.1) is 0 Å². The molecule has 0 saturated carbocycles. The maximum atomic E-state index is 2.31. The molecule has 0 unspecified atom stereocenters. The summed E-state index contributed by atoms with van der Waals surface area (Å²) in [5, 5.41) is 0. The van der Waals surface area contributed by atoms with Gasteiger partial charge >= 0.3 is 0 Å². The molecule has 0 heterocycles. The normalized spacial score (nSPS) is 11.5. The Morgan fingerprint density at radius 1 is 0.216 bits per heavy atom. The molecule has 0 rings (SSSR count). The average Bonchev–Trinajstić information content (AvgIpc) is 2.91. The highest BCUT2D eigenvalue weighted by molar-refractivity contribution is 7.99. The molecule has 0 fully saturated rings. The van der Waals surface area contributed by atoms with Gasteiger partial charge in [0.2, 0.25) is 0 Å². The summed E-state index contributed by atoms with van der Waals surface area (Å²) >= 11 is 2.23. The fourth-order valence-electron chi connectivity index (χ4n) is 5.61. The van der Waals surface area contributed by atoms with Crippen molar-refractivity contribution in [2.24, 2.45) is 0 Å². The van der Waals surface area contributed by atoms with Crippen molar-refractivity contribution in [2.45, 2.75) is 219 Å². The first kappa shape index (κ1) is 37.4. The van der Waals surface area contributed by atoms with Gasteiger partial charge in [0, 0.05) is 0 Å². The van der Waals surface area contributed by atoms with Crippen LogP contribution in [0.5, 0.6) is 0 Å². The van der Waals surface area contributed by atoms with Crippen LogP contribution in [-0.2, 0) is 0 Å². The van der Waals surface area contributed by atoms with Crippen LogP contribution in [0.1, 0.15) is 219 Å². The topological polar surface area (TPSA) is 0 Å². The summed E-state index contributed by atoms with van der Waals surface area (Å²) in [5.74, 6) is 2.83. The number of unbranched alkanes of at least 4 members (excludes halogenated alkanes) is 30. The lowest BCUT2D eigenvalue weighted by atomic mass is 10.0. The van der Waals surface area contributed by atoms with E-state index >= 15 is 0 Å². The molecule has 0 aliphatic rings. The molecule has 0 atom stereocenters. The maximum absolute atomic E-state index is 2.31. The van der Waals surface area contributed by atoms with Crippen molar-refractivity contribution in [3.8, 4) is 0 Å². The van der Waals surface area contributed by atoms with Crippen LogP contribution in [0.4, 0.5) is 0 Å². The predicted molar refractivity (Wildman–Crippen MR) is 176 cm³/mol. The minimum Gasteiger partial charge on any atom is -0.162 e. The molecule has 0 aliphatic carbocycles. The summed E-state index contributed by atoms with van der Waals surface area (Å²) in [5.41, 5.74) is 0. The standard InChI is InChI=1S/C36H74S/c1-3-5-7-9-11-13-15-17-19-20-21-22-24-26-28-30-32-34-36-37-35-33-31-29-27-25-23-18-16-14-12-10-8-6-4-2/h3-36H2,1-2H3. The third-order valence-corrected chi connectivity index (χ3v) is 9.44. The van der Waals surface area contributed by atoms with Crippen molar-refractivity contribution in [1.82, 2.24) is 0 Å². The summed E-state index contributed by atoms with van der Waals surface area (Å²) in [4.78, 5) is 0. The third kappa shape index (κ3) is 36.4. The lowest BCUT2D eigenvalue weighted by molar-refractivity contribution is 0.526. The van der Waals surface area contributed by atoms with Crippen LogP contribution in [0.2, 0.25) is 0 Å². The van der Waals surface area contributed by atoms with Crippen molar-refractivity contribution in [1.29, 1.82) is 0 Å². The molecule has 0 N–H and O–H groups in total. The molecule has 224 valence electrons. The first-order valence-electron chi connectivity index (χ1n) is 18.0. The fourth-order valence-corrected chi connectivity index (χ4v) is 6.63. The zero-order chi connectivity index (χ0) is 26.7. The molecule has 0 bridgehead atoms. The molecule has 0 aromatic rings. The van der Waals surface area contributed by atoms with Crippen LogP contribution in [0.3, 0.4) is 0 Å². The molecule has 0 spiro atoms. The van der Waals surface area contributed by atoms with Gasteiger partial charge in [0.25, 0.3) is 0 Å². The van der Waals surface area contributed by atoms with E-state index in [1.807, 2.05) is 0 Å². The van der Waals surface area contributed by atoms with Crippen molar-refractivity contribution >= 4 is 11.8 Å². The number of hydrogen-bond donors (Lipinski definition) is 0. The van der Waals surface area contributed by atoms with E-state index in [0.29, 0.717) is 0 Å². The third-order valence-electron chi connectivity index (χ3n) is 8.28. The minimum absolute atomic E-state index is 1.37. The summed E-state index contributed by atoms with van der Waals surface area (Å²) in [7, 11) is 0. The zero-order valence-electron chi connectivity index (χ0n) is 26.4. The Bertz CT molecular complexity index is 332. The van der Waals surface area contributed by atoms with Crippen molar-refractivity contribution in [2.75, 3.05) is 11.5 Å². The highest BCUT2D eigenvalue weighted by atomic mass is 32.2.